The number of aliphatic hydroxyl groups excluding tert-OH is 1. The van der Waals surface area contributed by atoms with Gasteiger partial charge in [-0.15, -0.1) is 0 Å². The first-order valence-electron chi connectivity index (χ1n) is 6.09. The average molecular weight is 225 g/mol. The van der Waals surface area contributed by atoms with Crippen LogP contribution in [0.25, 0.3) is 0 Å². The van der Waals surface area contributed by atoms with Crippen LogP contribution in [0.4, 0.5) is 0 Å². The molecule has 1 aliphatic carbocycles. The lowest BCUT2D eigenvalue weighted by molar-refractivity contribution is -0.121. The molecular formula is C13H23NO2. The molecule has 16 heavy (non-hydrogen) atoms. The third-order valence-corrected chi connectivity index (χ3v) is 2.96. The van der Waals surface area contributed by atoms with Crippen LogP contribution in [0.3, 0.4) is 0 Å². The molecule has 0 atom stereocenters. The fraction of sp³-hybridized carbons (Fsp3) is 0.769. The number of hydrogen-bond donors (Lipinski definition) is 2. The molecule has 2 N–H and O–H groups in total. The van der Waals surface area contributed by atoms with Gasteiger partial charge in [-0.05, 0) is 25.7 Å². The highest BCUT2D eigenvalue weighted by Gasteiger charge is 2.17. The lowest BCUT2D eigenvalue weighted by Gasteiger charge is -2.22. The SMILES string of the molecule is CC(C)(CO)CNC(=O)CC1=CCCCC1. The van der Waals surface area contributed by atoms with Gasteiger partial charge in [0, 0.05) is 25.0 Å². The zero-order valence-corrected chi connectivity index (χ0v) is 10.4. The summed E-state index contributed by atoms with van der Waals surface area (Å²) in [6, 6.07) is 0. The van der Waals surface area contributed by atoms with Gasteiger partial charge in [-0.25, -0.2) is 0 Å². The normalized spacial score (nSPS) is 16.8. The molecule has 0 radical (unpaired) electrons. The molecule has 0 saturated carbocycles. The predicted molar refractivity (Wildman–Crippen MR) is 65.0 cm³/mol. The van der Waals surface area contributed by atoms with Crippen molar-refractivity contribution in [2.75, 3.05) is 13.2 Å². The van der Waals surface area contributed by atoms with Crippen molar-refractivity contribution in [1.29, 1.82) is 0 Å². The molecule has 1 aliphatic rings. The van der Waals surface area contributed by atoms with Crippen LogP contribution in [-0.2, 0) is 4.79 Å². The molecule has 0 fully saturated rings. The van der Waals surface area contributed by atoms with Gasteiger partial charge in [-0.2, -0.15) is 0 Å². The fourth-order valence-electron chi connectivity index (χ4n) is 1.73. The third-order valence-electron chi connectivity index (χ3n) is 2.96. The topological polar surface area (TPSA) is 49.3 Å². The summed E-state index contributed by atoms with van der Waals surface area (Å²) in [5, 5.41) is 11.9. The Morgan fingerprint density at radius 1 is 1.50 bits per heavy atom. The Bertz CT molecular complexity index is 269. The van der Waals surface area contributed by atoms with E-state index in [2.05, 4.69) is 11.4 Å². The third kappa shape index (κ3) is 4.79. The van der Waals surface area contributed by atoms with E-state index in [9.17, 15) is 4.79 Å². The van der Waals surface area contributed by atoms with Gasteiger partial charge in [-0.3, -0.25) is 4.79 Å². The van der Waals surface area contributed by atoms with Crippen LogP contribution in [0, 0.1) is 5.41 Å². The van der Waals surface area contributed by atoms with E-state index in [1.165, 1.54) is 18.4 Å². The second kappa shape index (κ2) is 6.04. The van der Waals surface area contributed by atoms with Crippen molar-refractivity contribution in [2.45, 2.75) is 46.0 Å². The van der Waals surface area contributed by atoms with Crippen LogP contribution in [0.5, 0.6) is 0 Å². The molecule has 0 aromatic heterocycles. The molecule has 0 bridgehead atoms. The average Bonchev–Trinajstić information content (AvgIpc) is 2.28. The first-order valence-corrected chi connectivity index (χ1v) is 6.09. The number of amides is 1. The molecule has 0 aromatic rings. The predicted octanol–water partition coefficient (Wildman–Crippen LogP) is 2.01. The highest BCUT2D eigenvalue weighted by atomic mass is 16.3. The number of rotatable bonds is 5. The van der Waals surface area contributed by atoms with E-state index in [0.717, 1.165) is 12.8 Å². The number of carbonyl (C=O) groups is 1. The molecule has 0 heterocycles. The molecular weight excluding hydrogens is 202 g/mol. The number of carbonyl (C=O) groups excluding carboxylic acids is 1. The van der Waals surface area contributed by atoms with E-state index < -0.39 is 0 Å². The monoisotopic (exact) mass is 225 g/mol. The highest BCUT2D eigenvalue weighted by Crippen LogP contribution is 2.20. The Morgan fingerprint density at radius 2 is 2.25 bits per heavy atom. The smallest absolute Gasteiger partial charge is 0.224 e. The van der Waals surface area contributed by atoms with Gasteiger partial charge in [0.15, 0.2) is 0 Å². The number of nitrogens with one attached hydrogen (secondary N) is 1. The Morgan fingerprint density at radius 3 is 2.81 bits per heavy atom. The zero-order valence-electron chi connectivity index (χ0n) is 10.4. The quantitative estimate of drug-likeness (QED) is 0.703. The first kappa shape index (κ1) is 13.2. The molecule has 0 aliphatic heterocycles. The molecule has 0 saturated heterocycles. The van der Waals surface area contributed by atoms with E-state index in [1.807, 2.05) is 13.8 Å². The zero-order chi connectivity index (χ0) is 12.0. The van der Waals surface area contributed by atoms with Gasteiger partial charge in [0.1, 0.15) is 0 Å². The molecule has 92 valence electrons. The highest BCUT2D eigenvalue weighted by molar-refractivity contribution is 5.78. The van der Waals surface area contributed by atoms with E-state index in [0.29, 0.717) is 13.0 Å². The molecule has 0 unspecified atom stereocenters. The van der Waals surface area contributed by atoms with Crippen molar-refractivity contribution < 1.29 is 9.90 Å². The second-order valence-corrected chi connectivity index (χ2v) is 5.38. The summed E-state index contributed by atoms with van der Waals surface area (Å²) in [6.45, 7) is 4.51. The number of aliphatic hydroxyl groups is 1. The van der Waals surface area contributed by atoms with Crippen LogP contribution in [0.15, 0.2) is 11.6 Å². The number of allylic oxidation sites excluding steroid dienone is 1. The summed E-state index contributed by atoms with van der Waals surface area (Å²) >= 11 is 0. The van der Waals surface area contributed by atoms with E-state index in [4.69, 9.17) is 5.11 Å². The minimum Gasteiger partial charge on any atom is -0.396 e. The van der Waals surface area contributed by atoms with E-state index in [1.54, 1.807) is 0 Å². The van der Waals surface area contributed by atoms with E-state index >= 15 is 0 Å². The lowest BCUT2D eigenvalue weighted by atomic mass is 9.94. The van der Waals surface area contributed by atoms with Crippen molar-refractivity contribution in [3.8, 4) is 0 Å². The minimum absolute atomic E-state index is 0.0784. The second-order valence-electron chi connectivity index (χ2n) is 5.38. The minimum atomic E-state index is -0.226. The Balaban J connectivity index is 2.28. The largest absolute Gasteiger partial charge is 0.396 e. The number of hydrogen-bond acceptors (Lipinski definition) is 2. The maximum absolute atomic E-state index is 11.6. The summed E-state index contributed by atoms with van der Waals surface area (Å²) in [7, 11) is 0. The standard InChI is InChI=1S/C13H23NO2/c1-13(2,10-15)9-14-12(16)8-11-6-4-3-5-7-11/h6,15H,3-5,7-10H2,1-2H3,(H,14,16). The van der Waals surface area contributed by atoms with E-state index in [-0.39, 0.29) is 17.9 Å². The van der Waals surface area contributed by atoms with Crippen LogP contribution >= 0.6 is 0 Å². The maximum Gasteiger partial charge on any atom is 0.224 e. The summed E-state index contributed by atoms with van der Waals surface area (Å²) in [6.07, 6.45) is 7.37. The summed E-state index contributed by atoms with van der Waals surface area (Å²) in [5.74, 6) is 0.0784. The van der Waals surface area contributed by atoms with Gasteiger partial charge in [0.05, 0.1) is 0 Å². The molecule has 0 spiro atoms. The van der Waals surface area contributed by atoms with Crippen LogP contribution in [0.1, 0.15) is 46.0 Å². The summed E-state index contributed by atoms with van der Waals surface area (Å²) in [5.41, 5.74) is 1.04. The van der Waals surface area contributed by atoms with Gasteiger partial charge >= 0.3 is 0 Å². The van der Waals surface area contributed by atoms with Crippen molar-refractivity contribution in [3.05, 3.63) is 11.6 Å². The maximum atomic E-state index is 11.6. The van der Waals surface area contributed by atoms with Crippen LogP contribution in [0.2, 0.25) is 0 Å². The molecule has 3 nitrogen and oxygen atoms in total. The Hall–Kier alpha value is -0.830. The van der Waals surface area contributed by atoms with Crippen molar-refractivity contribution >= 4 is 5.91 Å². The van der Waals surface area contributed by atoms with Gasteiger partial charge in [-0.1, -0.05) is 25.5 Å². The fourth-order valence-corrected chi connectivity index (χ4v) is 1.73. The van der Waals surface area contributed by atoms with Gasteiger partial charge in [0.25, 0.3) is 0 Å². The molecule has 3 heteroatoms. The molecule has 1 rings (SSSR count). The van der Waals surface area contributed by atoms with Crippen molar-refractivity contribution in [1.82, 2.24) is 5.32 Å². The van der Waals surface area contributed by atoms with Gasteiger partial charge < -0.3 is 10.4 Å². The summed E-state index contributed by atoms with van der Waals surface area (Å²) in [4.78, 5) is 11.6. The summed E-state index contributed by atoms with van der Waals surface area (Å²) < 4.78 is 0. The lowest BCUT2D eigenvalue weighted by Crippen LogP contribution is -2.36. The van der Waals surface area contributed by atoms with Crippen LogP contribution < -0.4 is 5.32 Å². The first-order chi connectivity index (χ1) is 7.53. The molecule has 0 aromatic carbocycles. The van der Waals surface area contributed by atoms with Crippen molar-refractivity contribution in [3.63, 3.8) is 0 Å². The Labute approximate surface area is 97.9 Å². The van der Waals surface area contributed by atoms with Crippen molar-refractivity contribution in [2.24, 2.45) is 5.41 Å². The van der Waals surface area contributed by atoms with Gasteiger partial charge in [0.2, 0.25) is 5.91 Å². The molecule has 1 amide bonds. The van der Waals surface area contributed by atoms with Crippen LogP contribution in [-0.4, -0.2) is 24.2 Å². The Kier molecular flexibility index (Phi) is 5.00.